The number of nitrogens with zero attached hydrogens (tertiary/aromatic N) is 1. The maximum Gasteiger partial charge on any atom is 0.293 e. The molecule has 0 atom stereocenters. The molecule has 1 aliphatic heterocycles. The van der Waals surface area contributed by atoms with Gasteiger partial charge in [-0.25, -0.2) is 4.39 Å². The van der Waals surface area contributed by atoms with Crippen LogP contribution in [0.3, 0.4) is 0 Å². The average Bonchev–Trinajstić information content (AvgIpc) is 2.94. The highest BCUT2D eigenvalue weighted by Crippen LogP contribution is 2.39. The summed E-state index contributed by atoms with van der Waals surface area (Å²) in [4.78, 5) is 26.1. The van der Waals surface area contributed by atoms with Gasteiger partial charge in [0, 0.05) is 6.04 Å². The number of thioether (sulfide) groups is 1. The quantitative estimate of drug-likeness (QED) is 0.492. The van der Waals surface area contributed by atoms with E-state index in [2.05, 4.69) is 0 Å². The van der Waals surface area contributed by atoms with Gasteiger partial charge >= 0.3 is 0 Å². The standard InChI is InChI=1S/C22H21ClFNO4S/c1-4-28-18-10-15(11-19-21(26)25(13(2)3)22(27)30-19)9-17(23)20(18)29-12-14-6-5-7-16(24)8-14/h5-11,13H,4,12H2,1-3H3/b19-11-. The van der Waals surface area contributed by atoms with Gasteiger partial charge in [0.15, 0.2) is 11.5 Å². The zero-order valence-corrected chi connectivity index (χ0v) is 18.3. The van der Waals surface area contributed by atoms with Crippen molar-refractivity contribution in [1.29, 1.82) is 0 Å². The first-order valence-corrected chi connectivity index (χ1v) is 10.6. The highest BCUT2D eigenvalue weighted by molar-refractivity contribution is 8.18. The summed E-state index contributed by atoms with van der Waals surface area (Å²) in [5.74, 6) is 0.0457. The third-order valence-corrected chi connectivity index (χ3v) is 5.41. The van der Waals surface area contributed by atoms with E-state index in [0.717, 1.165) is 11.8 Å². The first-order chi connectivity index (χ1) is 14.3. The van der Waals surface area contributed by atoms with Gasteiger partial charge < -0.3 is 9.47 Å². The zero-order chi connectivity index (χ0) is 21.8. The molecular formula is C22H21ClFNO4S. The number of amides is 2. The molecule has 0 aromatic heterocycles. The van der Waals surface area contributed by atoms with Crippen molar-refractivity contribution in [3.8, 4) is 11.5 Å². The lowest BCUT2D eigenvalue weighted by Crippen LogP contribution is -2.34. The zero-order valence-electron chi connectivity index (χ0n) is 16.8. The Kier molecular flexibility index (Phi) is 7.05. The predicted octanol–water partition coefficient (Wildman–Crippen LogP) is 5.90. The second-order valence-electron chi connectivity index (χ2n) is 6.83. The Morgan fingerprint density at radius 1 is 1.20 bits per heavy atom. The molecule has 0 saturated carbocycles. The molecule has 2 amide bonds. The van der Waals surface area contributed by atoms with Crippen molar-refractivity contribution in [1.82, 2.24) is 4.90 Å². The van der Waals surface area contributed by atoms with E-state index in [1.807, 2.05) is 6.92 Å². The molecule has 1 aliphatic rings. The third kappa shape index (κ3) is 4.96. The van der Waals surface area contributed by atoms with Crippen LogP contribution in [0.2, 0.25) is 5.02 Å². The summed E-state index contributed by atoms with van der Waals surface area (Å²) >= 11 is 7.31. The highest BCUT2D eigenvalue weighted by Gasteiger charge is 2.36. The topological polar surface area (TPSA) is 55.8 Å². The summed E-state index contributed by atoms with van der Waals surface area (Å²) in [6.45, 7) is 5.89. The Morgan fingerprint density at radius 2 is 1.97 bits per heavy atom. The van der Waals surface area contributed by atoms with Crippen molar-refractivity contribution in [2.75, 3.05) is 6.61 Å². The molecule has 30 heavy (non-hydrogen) atoms. The highest BCUT2D eigenvalue weighted by atomic mass is 35.5. The molecule has 2 aromatic rings. The Bertz CT molecular complexity index is 1010. The largest absolute Gasteiger partial charge is 0.490 e. The lowest BCUT2D eigenvalue weighted by atomic mass is 10.1. The van der Waals surface area contributed by atoms with Crippen molar-refractivity contribution in [3.05, 3.63) is 63.3 Å². The van der Waals surface area contributed by atoms with Gasteiger partial charge in [0.25, 0.3) is 11.1 Å². The van der Waals surface area contributed by atoms with Crippen LogP contribution < -0.4 is 9.47 Å². The van der Waals surface area contributed by atoms with Crippen LogP contribution in [0.1, 0.15) is 31.9 Å². The van der Waals surface area contributed by atoms with Crippen LogP contribution in [0.4, 0.5) is 9.18 Å². The fraction of sp³-hybridized carbons (Fsp3) is 0.273. The van der Waals surface area contributed by atoms with Crippen LogP contribution in [0.15, 0.2) is 41.3 Å². The molecule has 0 N–H and O–H groups in total. The van der Waals surface area contributed by atoms with E-state index >= 15 is 0 Å². The SMILES string of the molecule is CCOc1cc(/C=C2\SC(=O)N(C(C)C)C2=O)cc(Cl)c1OCc1cccc(F)c1. The molecule has 0 bridgehead atoms. The summed E-state index contributed by atoms with van der Waals surface area (Å²) in [6, 6.07) is 9.20. The maximum absolute atomic E-state index is 13.4. The number of benzene rings is 2. The molecule has 1 heterocycles. The summed E-state index contributed by atoms with van der Waals surface area (Å²) < 4.78 is 24.8. The summed E-state index contributed by atoms with van der Waals surface area (Å²) in [7, 11) is 0. The smallest absolute Gasteiger partial charge is 0.293 e. The van der Waals surface area contributed by atoms with Crippen molar-refractivity contribution >= 4 is 40.6 Å². The number of hydrogen-bond acceptors (Lipinski definition) is 5. The summed E-state index contributed by atoms with van der Waals surface area (Å²) in [5, 5.41) is -0.0147. The predicted molar refractivity (Wildman–Crippen MR) is 116 cm³/mol. The molecule has 0 aliphatic carbocycles. The maximum atomic E-state index is 13.4. The van der Waals surface area contributed by atoms with Crippen LogP contribution in [0.5, 0.6) is 11.5 Å². The van der Waals surface area contributed by atoms with Gasteiger partial charge in [0.1, 0.15) is 12.4 Å². The second kappa shape index (κ2) is 9.53. The lowest BCUT2D eigenvalue weighted by Gasteiger charge is -2.16. The molecule has 3 rings (SSSR count). The normalized spacial score (nSPS) is 15.4. The van der Waals surface area contributed by atoms with Crippen LogP contribution in [0, 0.1) is 5.82 Å². The molecule has 5 nitrogen and oxygen atoms in total. The number of imide groups is 1. The van der Waals surface area contributed by atoms with Gasteiger partial charge in [-0.05, 0) is 74.0 Å². The minimum Gasteiger partial charge on any atom is -0.490 e. The summed E-state index contributed by atoms with van der Waals surface area (Å²) in [6.07, 6.45) is 1.61. The fourth-order valence-corrected chi connectivity index (χ4v) is 4.17. The van der Waals surface area contributed by atoms with Gasteiger partial charge in [-0.1, -0.05) is 23.7 Å². The monoisotopic (exact) mass is 449 g/mol. The van der Waals surface area contributed by atoms with E-state index in [1.54, 1.807) is 44.2 Å². The number of hydrogen-bond donors (Lipinski definition) is 0. The van der Waals surface area contributed by atoms with E-state index < -0.39 is 0 Å². The van der Waals surface area contributed by atoms with Crippen LogP contribution in [-0.2, 0) is 11.4 Å². The van der Waals surface area contributed by atoms with E-state index in [0.29, 0.717) is 34.1 Å². The molecule has 0 radical (unpaired) electrons. The first-order valence-electron chi connectivity index (χ1n) is 9.40. The average molecular weight is 450 g/mol. The van der Waals surface area contributed by atoms with Crippen LogP contribution in [-0.4, -0.2) is 28.7 Å². The van der Waals surface area contributed by atoms with Gasteiger partial charge in [0.2, 0.25) is 0 Å². The van der Waals surface area contributed by atoms with Crippen molar-refractivity contribution < 1.29 is 23.5 Å². The Labute approximate surface area is 183 Å². The van der Waals surface area contributed by atoms with Crippen molar-refractivity contribution in [3.63, 3.8) is 0 Å². The summed E-state index contributed by atoms with van der Waals surface area (Å²) in [5.41, 5.74) is 1.26. The number of carbonyl (C=O) groups is 2. The van der Waals surface area contributed by atoms with Crippen LogP contribution >= 0.6 is 23.4 Å². The van der Waals surface area contributed by atoms with Gasteiger partial charge in [-0.2, -0.15) is 0 Å². The van der Waals surface area contributed by atoms with E-state index in [9.17, 15) is 14.0 Å². The van der Waals surface area contributed by atoms with Crippen LogP contribution in [0.25, 0.3) is 6.08 Å². The first kappa shape index (κ1) is 22.2. The molecule has 0 spiro atoms. The second-order valence-corrected chi connectivity index (χ2v) is 8.23. The molecule has 0 unspecified atom stereocenters. The Morgan fingerprint density at radius 3 is 2.60 bits per heavy atom. The third-order valence-electron chi connectivity index (χ3n) is 4.24. The molecule has 2 aromatic carbocycles. The van der Waals surface area contributed by atoms with E-state index in [4.69, 9.17) is 21.1 Å². The van der Waals surface area contributed by atoms with Crippen molar-refractivity contribution in [2.45, 2.75) is 33.4 Å². The number of halogens is 2. The molecule has 8 heteroatoms. The van der Waals surface area contributed by atoms with Crippen molar-refractivity contribution in [2.24, 2.45) is 0 Å². The van der Waals surface area contributed by atoms with E-state index in [1.165, 1.54) is 17.0 Å². The number of carbonyl (C=O) groups excluding carboxylic acids is 2. The molecule has 1 saturated heterocycles. The van der Waals surface area contributed by atoms with Gasteiger partial charge in [-0.3, -0.25) is 14.5 Å². The number of ether oxygens (including phenoxy) is 2. The van der Waals surface area contributed by atoms with E-state index in [-0.39, 0.29) is 34.6 Å². The minimum absolute atomic E-state index is 0.115. The minimum atomic E-state index is -0.349. The lowest BCUT2D eigenvalue weighted by molar-refractivity contribution is -0.123. The Hall–Kier alpha value is -2.51. The Balaban J connectivity index is 1.88. The molecule has 1 fully saturated rings. The van der Waals surface area contributed by atoms with Gasteiger partial charge in [0.05, 0.1) is 16.5 Å². The molecule has 158 valence electrons. The molecular weight excluding hydrogens is 429 g/mol. The fourth-order valence-electron chi connectivity index (χ4n) is 2.93. The number of rotatable bonds is 7. The van der Waals surface area contributed by atoms with Gasteiger partial charge in [-0.15, -0.1) is 0 Å².